The van der Waals surface area contributed by atoms with E-state index in [0.29, 0.717) is 11.2 Å². The van der Waals surface area contributed by atoms with Gasteiger partial charge < -0.3 is 15.4 Å². The molecule has 0 radical (unpaired) electrons. The Balaban J connectivity index is 1.31. The van der Waals surface area contributed by atoms with Crippen LogP contribution in [0.4, 0.5) is 5.13 Å². The van der Waals surface area contributed by atoms with Gasteiger partial charge in [0.1, 0.15) is 0 Å². The van der Waals surface area contributed by atoms with Gasteiger partial charge in [-0.05, 0) is 38.8 Å². The van der Waals surface area contributed by atoms with E-state index in [-0.39, 0.29) is 0 Å². The van der Waals surface area contributed by atoms with E-state index in [2.05, 4.69) is 14.8 Å². The van der Waals surface area contributed by atoms with E-state index in [1.807, 2.05) is 6.20 Å². The van der Waals surface area contributed by atoms with E-state index in [4.69, 9.17) is 10.5 Å². The normalized spacial score (nSPS) is 22.1. The van der Waals surface area contributed by atoms with Crippen molar-refractivity contribution in [2.24, 2.45) is 0 Å². The predicted molar refractivity (Wildman–Crippen MR) is 86.5 cm³/mol. The third-order valence-corrected chi connectivity index (χ3v) is 5.26. The lowest BCUT2D eigenvalue weighted by Crippen LogP contribution is -2.37. The van der Waals surface area contributed by atoms with Crippen LogP contribution >= 0.6 is 11.3 Å². The van der Waals surface area contributed by atoms with Gasteiger partial charge in [0.15, 0.2) is 5.13 Å². The minimum atomic E-state index is 0.454. The zero-order valence-corrected chi connectivity index (χ0v) is 13.5. The van der Waals surface area contributed by atoms with Crippen LogP contribution in [0.2, 0.25) is 0 Å². The first-order chi connectivity index (χ1) is 10.3. The first-order valence-corrected chi connectivity index (χ1v) is 8.88. The van der Waals surface area contributed by atoms with E-state index in [1.54, 1.807) is 11.3 Å². The number of ether oxygens (including phenoxy) is 1. The molecule has 2 aliphatic heterocycles. The minimum Gasteiger partial charge on any atom is -0.377 e. The van der Waals surface area contributed by atoms with Crippen LogP contribution in [0.5, 0.6) is 0 Å². The SMILES string of the molecule is Nc1ncc(CN2CCC(OCCN3CCCC3)CC2)s1. The number of rotatable bonds is 6. The zero-order valence-electron chi connectivity index (χ0n) is 12.7. The Labute approximate surface area is 131 Å². The van der Waals surface area contributed by atoms with Crippen molar-refractivity contribution in [3.8, 4) is 0 Å². The Hall–Kier alpha value is -0.690. The number of aromatic nitrogens is 1. The lowest BCUT2D eigenvalue weighted by molar-refractivity contribution is -0.000992. The second kappa shape index (κ2) is 7.54. The summed E-state index contributed by atoms with van der Waals surface area (Å²) in [6, 6.07) is 0. The van der Waals surface area contributed by atoms with E-state index < -0.39 is 0 Å². The molecule has 2 saturated heterocycles. The third-order valence-electron chi connectivity index (χ3n) is 4.45. The average molecular weight is 310 g/mol. The molecule has 0 amide bonds. The molecule has 118 valence electrons. The Morgan fingerprint density at radius 3 is 2.62 bits per heavy atom. The highest BCUT2D eigenvalue weighted by Gasteiger charge is 2.20. The fourth-order valence-corrected chi connectivity index (χ4v) is 3.93. The van der Waals surface area contributed by atoms with Crippen LogP contribution in [0.1, 0.15) is 30.6 Å². The van der Waals surface area contributed by atoms with Crippen molar-refractivity contribution in [2.75, 3.05) is 45.1 Å². The molecule has 0 aliphatic carbocycles. The summed E-state index contributed by atoms with van der Waals surface area (Å²) in [5.74, 6) is 0. The summed E-state index contributed by atoms with van der Waals surface area (Å²) in [5, 5.41) is 0.671. The topological polar surface area (TPSA) is 54.6 Å². The zero-order chi connectivity index (χ0) is 14.5. The van der Waals surface area contributed by atoms with Crippen LogP contribution in [0.3, 0.4) is 0 Å². The standard InChI is InChI=1S/C15H26N4OS/c16-15-17-11-14(21-15)12-19-7-3-13(4-8-19)20-10-9-18-5-1-2-6-18/h11,13H,1-10,12H2,(H2,16,17). The molecule has 2 N–H and O–H groups in total. The van der Waals surface area contributed by atoms with Crippen LogP contribution < -0.4 is 5.73 Å². The van der Waals surface area contributed by atoms with Gasteiger partial charge in [0.2, 0.25) is 0 Å². The fourth-order valence-electron chi connectivity index (χ4n) is 3.20. The monoisotopic (exact) mass is 310 g/mol. The van der Waals surface area contributed by atoms with Gasteiger partial charge in [-0.25, -0.2) is 4.98 Å². The lowest BCUT2D eigenvalue weighted by atomic mass is 10.1. The number of hydrogen-bond acceptors (Lipinski definition) is 6. The van der Waals surface area contributed by atoms with Gasteiger partial charge in [0.05, 0.1) is 12.7 Å². The first kappa shape index (κ1) is 15.2. The van der Waals surface area contributed by atoms with Gasteiger partial charge in [-0.1, -0.05) is 0 Å². The highest BCUT2D eigenvalue weighted by atomic mass is 32.1. The number of thiazole rings is 1. The molecule has 1 aromatic heterocycles. The molecular formula is C15H26N4OS. The molecule has 0 unspecified atom stereocenters. The van der Waals surface area contributed by atoms with E-state index in [0.717, 1.165) is 45.6 Å². The van der Waals surface area contributed by atoms with E-state index >= 15 is 0 Å². The summed E-state index contributed by atoms with van der Waals surface area (Å²) in [7, 11) is 0. The van der Waals surface area contributed by atoms with Gasteiger partial charge in [0, 0.05) is 37.3 Å². The molecular weight excluding hydrogens is 284 g/mol. The minimum absolute atomic E-state index is 0.454. The molecule has 21 heavy (non-hydrogen) atoms. The molecule has 3 heterocycles. The lowest BCUT2D eigenvalue weighted by Gasteiger charge is -2.31. The Bertz CT molecular complexity index is 425. The summed E-state index contributed by atoms with van der Waals surface area (Å²) >= 11 is 1.60. The molecule has 0 saturated carbocycles. The van der Waals surface area contributed by atoms with Crippen molar-refractivity contribution in [1.29, 1.82) is 0 Å². The maximum atomic E-state index is 6.05. The quantitative estimate of drug-likeness (QED) is 0.868. The van der Waals surface area contributed by atoms with Crippen LogP contribution in [0, 0.1) is 0 Å². The summed E-state index contributed by atoms with van der Waals surface area (Å²) < 4.78 is 6.05. The van der Waals surface area contributed by atoms with Gasteiger partial charge in [-0.15, -0.1) is 11.3 Å². The summed E-state index contributed by atoms with van der Waals surface area (Å²) in [6.07, 6.45) is 7.37. The molecule has 3 rings (SSSR count). The van der Waals surface area contributed by atoms with Gasteiger partial charge >= 0.3 is 0 Å². The predicted octanol–water partition coefficient (Wildman–Crippen LogP) is 1.80. The number of anilines is 1. The largest absolute Gasteiger partial charge is 0.377 e. The van der Waals surface area contributed by atoms with Crippen molar-refractivity contribution < 1.29 is 4.74 Å². The second-order valence-electron chi connectivity index (χ2n) is 6.06. The molecule has 0 atom stereocenters. The second-order valence-corrected chi connectivity index (χ2v) is 7.21. The average Bonchev–Trinajstić information content (AvgIpc) is 3.13. The van der Waals surface area contributed by atoms with Crippen molar-refractivity contribution in [3.63, 3.8) is 0 Å². The first-order valence-electron chi connectivity index (χ1n) is 8.06. The van der Waals surface area contributed by atoms with Crippen LogP contribution in [0.25, 0.3) is 0 Å². The highest BCUT2D eigenvalue weighted by molar-refractivity contribution is 7.15. The Morgan fingerprint density at radius 2 is 1.95 bits per heavy atom. The molecule has 0 bridgehead atoms. The number of nitrogens with zero attached hydrogens (tertiary/aromatic N) is 3. The maximum absolute atomic E-state index is 6.05. The third kappa shape index (κ3) is 4.64. The molecule has 0 spiro atoms. The fraction of sp³-hybridized carbons (Fsp3) is 0.800. The van der Waals surface area contributed by atoms with Gasteiger partial charge in [-0.3, -0.25) is 4.90 Å². The van der Waals surface area contributed by atoms with Crippen molar-refractivity contribution >= 4 is 16.5 Å². The summed E-state index contributed by atoms with van der Waals surface area (Å²) in [4.78, 5) is 10.4. The number of nitrogen functional groups attached to an aromatic ring is 1. The molecule has 2 fully saturated rings. The van der Waals surface area contributed by atoms with Crippen molar-refractivity contribution in [1.82, 2.24) is 14.8 Å². The van der Waals surface area contributed by atoms with Crippen molar-refractivity contribution in [2.45, 2.75) is 38.3 Å². The molecule has 5 nitrogen and oxygen atoms in total. The molecule has 6 heteroatoms. The summed E-state index contributed by atoms with van der Waals surface area (Å²) in [5.41, 5.74) is 5.68. The summed E-state index contributed by atoms with van der Waals surface area (Å²) in [6.45, 7) is 7.75. The van der Waals surface area contributed by atoms with E-state index in [9.17, 15) is 0 Å². The van der Waals surface area contributed by atoms with Crippen LogP contribution in [-0.2, 0) is 11.3 Å². The van der Waals surface area contributed by atoms with Gasteiger partial charge in [-0.2, -0.15) is 0 Å². The smallest absolute Gasteiger partial charge is 0.180 e. The van der Waals surface area contributed by atoms with Crippen LogP contribution in [0.15, 0.2) is 6.20 Å². The molecule has 2 aliphatic rings. The van der Waals surface area contributed by atoms with Gasteiger partial charge in [0.25, 0.3) is 0 Å². The number of piperidine rings is 1. The maximum Gasteiger partial charge on any atom is 0.180 e. The van der Waals surface area contributed by atoms with Crippen molar-refractivity contribution in [3.05, 3.63) is 11.1 Å². The highest BCUT2D eigenvalue weighted by Crippen LogP contribution is 2.20. The number of hydrogen-bond donors (Lipinski definition) is 1. The Kier molecular flexibility index (Phi) is 5.46. The molecule has 1 aromatic rings. The number of nitrogens with two attached hydrogens (primary N) is 1. The van der Waals surface area contributed by atoms with E-state index in [1.165, 1.54) is 30.8 Å². The Morgan fingerprint density at radius 1 is 1.19 bits per heavy atom. The van der Waals surface area contributed by atoms with Crippen LogP contribution in [-0.4, -0.2) is 60.2 Å². The molecule has 0 aromatic carbocycles. The number of likely N-dealkylation sites (tertiary alicyclic amines) is 2.